The van der Waals surface area contributed by atoms with Gasteiger partial charge in [0, 0.05) is 10.2 Å². The third-order valence-corrected chi connectivity index (χ3v) is 4.13. The Bertz CT molecular complexity index is 905. The van der Waals surface area contributed by atoms with Gasteiger partial charge in [-0.05, 0) is 42.8 Å². The number of nitrogens with one attached hydrogen (secondary N) is 1. The summed E-state index contributed by atoms with van der Waals surface area (Å²) in [5.41, 5.74) is 1.79. The van der Waals surface area contributed by atoms with Crippen LogP contribution in [0.3, 0.4) is 0 Å². The number of benzene rings is 2. The number of anilines is 1. The number of hydrogen-bond acceptors (Lipinski definition) is 5. The largest absolute Gasteiger partial charge is 0.449 e. The fourth-order valence-electron chi connectivity index (χ4n) is 2.32. The second kappa shape index (κ2) is 7.48. The zero-order chi connectivity index (χ0) is 17.8. The first-order valence-corrected chi connectivity index (χ1v) is 8.47. The lowest BCUT2D eigenvalue weighted by Gasteiger charge is -2.16. The fourth-order valence-corrected chi connectivity index (χ4v) is 2.59. The second-order valence-corrected chi connectivity index (χ2v) is 6.22. The first-order valence-electron chi connectivity index (χ1n) is 7.68. The van der Waals surface area contributed by atoms with Crippen LogP contribution >= 0.6 is 15.9 Å². The molecule has 0 saturated heterocycles. The highest BCUT2D eigenvalue weighted by Gasteiger charge is 2.24. The standard InChI is InChI=1S/C18H15BrN2O4/c1-2-14(17(22)21-12-8-6-11(19)7-9-12)25-18(23)13-4-3-5-15-16(13)20-10-24-15/h3-10,14H,2H2,1H3,(H,21,22). The quantitative estimate of drug-likeness (QED) is 0.647. The summed E-state index contributed by atoms with van der Waals surface area (Å²) in [4.78, 5) is 28.8. The van der Waals surface area contributed by atoms with E-state index >= 15 is 0 Å². The number of ether oxygens (including phenoxy) is 1. The van der Waals surface area contributed by atoms with Crippen molar-refractivity contribution in [2.24, 2.45) is 0 Å². The summed E-state index contributed by atoms with van der Waals surface area (Å²) < 4.78 is 11.5. The number of esters is 1. The summed E-state index contributed by atoms with van der Waals surface area (Å²) in [6.45, 7) is 1.77. The van der Waals surface area contributed by atoms with Gasteiger partial charge in [0.25, 0.3) is 5.91 Å². The van der Waals surface area contributed by atoms with Crippen molar-refractivity contribution in [2.45, 2.75) is 19.4 Å². The predicted molar refractivity (Wildman–Crippen MR) is 96.3 cm³/mol. The number of aromatic nitrogens is 1. The summed E-state index contributed by atoms with van der Waals surface area (Å²) in [7, 11) is 0. The minimum atomic E-state index is -0.904. The van der Waals surface area contributed by atoms with E-state index in [1.165, 1.54) is 6.39 Å². The van der Waals surface area contributed by atoms with Crippen LogP contribution in [0, 0.1) is 0 Å². The molecule has 1 N–H and O–H groups in total. The minimum Gasteiger partial charge on any atom is -0.449 e. The van der Waals surface area contributed by atoms with Crippen LogP contribution in [0.5, 0.6) is 0 Å². The van der Waals surface area contributed by atoms with Gasteiger partial charge in [-0.15, -0.1) is 0 Å². The molecule has 3 aromatic rings. The van der Waals surface area contributed by atoms with Gasteiger partial charge in [-0.3, -0.25) is 4.79 Å². The number of para-hydroxylation sites is 1. The first kappa shape index (κ1) is 17.2. The van der Waals surface area contributed by atoms with E-state index in [0.29, 0.717) is 23.2 Å². The second-order valence-electron chi connectivity index (χ2n) is 5.30. The van der Waals surface area contributed by atoms with Crippen molar-refractivity contribution in [2.75, 3.05) is 5.32 Å². The molecule has 0 bridgehead atoms. The molecular formula is C18H15BrN2O4. The molecule has 0 radical (unpaired) electrons. The Morgan fingerprint density at radius 3 is 2.72 bits per heavy atom. The van der Waals surface area contributed by atoms with Crippen LogP contribution in [0.1, 0.15) is 23.7 Å². The van der Waals surface area contributed by atoms with Gasteiger partial charge in [-0.1, -0.05) is 28.9 Å². The van der Waals surface area contributed by atoms with E-state index in [2.05, 4.69) is 26.2 Å². The monoisotopic (exact) mass is 402 g/mol. The van der Waals surface area contributed by atoms with Crippen molar-refractivity contribution >= 4 is 44.6 Å². The van der Waals surface area contributed by atoms with Crippen molar-refractivity contribution in [3.05, 3.63) is 58.9 Å². The van der Waals surface area contributed by atoms with Crippen molar-refractivity contribution in [1.29, 1.82) is 0 Å². The molecule has 1 unspecified atom stereocenters. The SMILES string of the molecule is CCC(OC(=O)c1cccc2ocnc12)C(=O)Nc1ccc(Br)cc1. The smallest absolute Gasteiger partial charge is 0.341 e. The molecule has 0 aliphatic rings. The van der Waals surface area contributed by atoms with Gasteiger partial charge in [0.1, 0.15) is 5.52 Å². The van der Waals surface area contributed by atoms with Crippen LogP contribution in [0.25, 0.3) is 11.1 Å². The maximum Gasteiger partial charge on any atom is 0.341 e. The Labute approximate surface area is 152 Å². The van der Waals surface area contributed by atoms with Gasteiger partial charge in [-0.25, -0.2) is 9.78 Å². The van der Waals surface area contributed by atoms with Crippen molar-refractivity contribution < 1.29 is 18.7 Å². The molecule has 6 nitrogen and oxygen atoms in total. The summed E-state index contributed by atoms with van der Waals surface area (Å²) in [5, 5.41) is 2.74. The molecule has 0 aliphatic carbocycles. The lowest BCUT2D eigenvalue weighted by Crippen LogP contribution is -2.32. The number of halogens is 1. The number of hydrogen-bond donors (Lipinski definition) is 1. The molecule has 3 rings (SSSR count). The number of fused-ring (bicyclic) bond motifs is 1. The summed E-state index contributed by atoms with van der Waals surface area (Å²) in [6.07, 6.45) is 0.709. The maximum atomic E-state index is 12.4. The number of oxazole rings is 1. The Balaban J connectivity index is 1.72. The Morgan fingerprint density at radius 2 is 2.00 bits per heavy atom. The lowest BCUT2D eigenvalue weighted by atomic mass is 10.2. The van der Waals surface area contributed by atoms with E-state index in [0.717, 1.165) is 4.47 Å². The fraction of sp³-hybridized carbons (Fsp3) is 0.167. The number of nitrogens with zero attached hydrogens (tertiary/aromatic N) is 1. The van der Waals surface area contributed by atoms with E-state index in [-0.39, 0.29) is 11.5 Å². The van der Waals surface area contributed by atoms with Crippen LogP contribution < -0.4 is 5.32 Å². The van der Waals surface area contributed by atoms with Gasteiger partial charge >= 0.3 is 5.97 Å². The van der Waals surface area contributed by atoms with E-state index in [1.807, 2.05) is 12.1 Å². The van der Waals surface area contributed by atoms with Crippen LogP contribution in [0.15, 0.2) is 57.7 Å². The molecular weight excluding hydrogens is 388 g/mol. The summed E-state index contributed by atoms with van der Waals surface area (Å²) in [6, 6.07) is 12.1. The molecule has 25 heavy (non-hydrogen) atoms. The van der Waals surface area contributed by atoms with E-state index in [4.69, 9.17) is 9.15 Å². The average molecular weight is 403 g/mol. The lowest BCUT2D eigenvalue weighted by molar-refractivity contribution is -0.124. The maximum absolute atomic E-state index is 12.4. The molecule has 0 saturated carbocycles. The molecule has 0 spiro atoms. The van der Waals surface area contributed by atoms with Crippen LogP contribution in [-0.2, 0) is 9.53 Å². The third kappa shape index (κ3) is 3.88. The summed E-state index contributed by atoms with van der Waals surface area (Å²) >= 11 is 3.33. The van der Waals surface area contributed by atoms with Crippen molar-refractivity contribution in [1.82, 2.24) is 4.98 Å². The molecule has 128 valence electrons. The number of carbonyl (C=O) groups excluding carboxylic acids is 2. The molecule has 1 aromatic heterocycles. The number of carbonyl (C=O) groups is 2. The van der Waals surface area contributed by atoms with Gasteiger partial charge in [0.05, 0.1) is 5.56 Å². The highest BCUT2D eigenvalue weighted by atomic mass is 79.9. The predicted octanol–water partition coefficient (Wildman–Crippen LogP) is 4.16. The summed E-state index contributed by atoms with van der Waals surface area (Å²) in [5.74, 6) is -0.997. The molecule has 2 aromatic carbocycles. The average Bonchev–Trinajstić information content (AvgIpc) is 3.10. The zero-order valence-electron chi connectivity index (χ0n) is 13.4. The van der Waals surface area contributed by atoms with E-state index in [9.17, 15) is 9.59 Å². The highest BCUT2D eigenvalue weighted by Crippen LogP contribution is 2.19. The van der Waals surface area contributed by atoms with Gasteiger partial charge in [0.2, 0.25) is 0 Å². The minimum absolute atomic E-state index is 0.265. The van der Waals surface area contributed by atoms with E-state index < -0.39 is 12.1 Å². The highest BCUT2D eigenvalue weighted by molar-refractivity contribution is 9.10. The molecule has 1 amide bonds. The number of amides is 1. The van der Waals surface area contributed by atoms with Crippen LogP contribution in [0.2, 0.25) is 0 Å². The topological polar surface area (TPSA) is 81.4 Å². The van der Waals surface area contributed by atoms with Gasteiger partial charge < -0.3 is 14.5 Å². The van der Waals surface area contributed by atoms with Gasteiger partial charge in [0.15, 0.2) is 18.1 Å². The Morgan fingerprint density at radius 1 is 1.24 bits per heavy atom. The molecule has 0 fully saturated rings. The molecule has 1 heterocycles. The van der Waals surface area contributed by atoms with Crippen molar-refractivity contribution in [3.8, 4) is 0 Å². The van der Waals surface area contributed by atoms with E-state index in [1.54, 1.807) is 37.3 Å². The molecule has 7 heteroatoms. The number of rotatable bonds is 5. The normalized spacial score (nSPS) is 11.9. The Hall–Kier alpha value is -2.67. The van der Waals surface area contributed by atoms with Gasteiger partial charge in [-0.2, -0.15) is 0 Å². The van der Waals surface area contributed by atoms with Crippen molar-refractivity contribution in [3.63, 3.8) is 0 Å². The first-order chi connectivity index (χ1) is 12.1. The van der Waals surface area contributed by atoms with Crippen LogP contribution in [0.4, 0.5) is 5.69 Å². The molecule has 0 aliphatic heterocycles. The Kier molecular flexibility index (Phi) is 5.14. The molecule has 1 atom stereocenters. The third-order valence-electron chi connectivity index (χ3n) is 3.60. The zero-order valence-corrected chi connectivity index (χ0v) is 14.9. The van der Waals surface area contributed by atoms with Crippen LogP contribution in [-0.4, -0.2) is 23.0 Å².